The standard InChI is InChI=1S/C9H17NO5/c1-4-15-7(12)5-10-8(6(2)11)9(13)14-3/h6,8,10-11H,4-5H2,1-3H3. The van der Waals surface area contributed by atoms with Gasteiger partial charge in [-0.25, -0.2) is 0 Å². The lowest BCUT2D eigenvalue weighted by molar-refractivity contribution is -0.147. The molecule has 0 rings (SSSR count). The minimum Gasteiger partial charge on any atom is -0.468 e. The van der Waals surface area contributed by atoms with Crippen LogP contribution in [-0.2, 0) is 19.1 Å². The van der Waals surface area contributed by atoms with Gasteiger partial charge in [0.1, 0.15) is 6.04 Å². The molecule has 0 radical (unpaired) electrons. The highest BCUT2D eigenvalue weighted by Crippen LogP contribution is 1.95. The van der Waals surface area contributed by atoms with E-state index in [2.05, 4.69) is 14.8 Å². The van der Waals surface area contributed by atoms with Crippen LogP contribution in [0.1, 0.15) is 13.8 Å². The lowest BCUT2D eigenvalue weighted by Gasteiger charge is -2.18. The van der Waals surface area contributed by atoms with Crippen molar-refractivity contribution in [3.8, 4) is 0 Å². The second kappa shape index (κ2) is 7.19. The van der Waals surface area contributed by atoms with E-state index in [0.717, 1.165) is 0 Å². The first-order chi connectivity index (χ1) is 7.02. The summed E-state index contributed by atoms with van der Waals surface area (Å²) in [5, 5.41) is 11.8. The summed E-state index contributed by atoms with van der Waals surface area (Å²) in [7, 11) is 1.21. The van der Waals surface area contributed by atoms with Gasteiger partial charge in [0.25, 0.3) is 0 Å². The summed E-state index contributed by atoms with van der Waals surface area (Å²) in [5.74, 6) is -1.10. The fraction of sp³-hybridized carbons (Fsp3) is 0.778. The van der Waals surface area contributed by atoms with Crippen LogP contribution in [0.15, 0.2) is 0 Å². The SMILES string of the molecule is CCOC(=O)CNC(C(=O)OC)C(C)O. The molecular weight excluding hydrogens is 202 g/mol. The van der Waals surface area contributed by atoms with Gasteiger partial charge < -0.3 is 14.6 Å². The Morgan fingerprint density at radius 2 is 2.07 bits per heavy atom. The molecule has 6 heteroatoms. The number of carbonyl (C=O) groups is 2. The Kier molecular flexibility index (Phi) is 6.64. The summed E-state index contributed by atoms with van der Waals surface area (Å²) < 4.78 is 9.10. The van der Waals surface area contributed by atoms with Gasteiger partial charge in [-0.2, -0.15) is 0 Å². The van der Waals surface area contributed by atoms with Crippen LogP contribution in [-0.4, -0.2) is 49.5 Å². The average Bonchev–Trinajstić information content (AvgIpc) is 2.17. The van der Waals surface area contributed by atoms with E-state index in [1.165, 1.54) is 14.0 Å². The molecule has 0 saturated carbocycles. The minimum absolute atomic E-state index is 0.140. The van der Waals surface area contributed by atoms with Crippen LogP contribution in [0.5, 0.6) is 0 Å². The molecule has 2 N–H and O–H groups in total. The second-order valence-corrected chi connectivity index (χ2v) is 2.93. The van der Waals surface area contributed by atoms with Crippen molar-refractivity contribution in [1.29, 1.82) is 0 Å². The highest BCUT2D eigenvalue weighted by atomic mass is 16.5. The summed E-state index contributed by atoms with van der Waals surface area (Å²) in [6, 6.07) is -0.917. The zero-order valence-electron chi connectivity index (χ0n) is 9.15. The molecule has 0 aliphatic rings. The van der Waals surface area contributed by atoms with Crippen molar-refractivity contribution >= 4 is 11.9 Å². The predicted molar refractivity (Wildman–Crippen MR) is 52.1 cm³/mol. The monoisotopic (exact) mass is 219 g/mol. The molecule has 2 atom stereocenters. The molecule has 6 nitrogen and oxygen atoms in total. The molecular formula is C9H17NO5. The van der Waals surface area contributed by atoms with Gasteiger partial charge in [-0.05, 0) is 13.8 Å². The Balaban J connectivity index is 4.07. The van der Waals surface area contributed by atoms with Gasteiger partial charge in [0.2, 0.25) is 0 Å². The molecule has 0 aliphatic carbocycles. The van der Waals surface area contributed by atoms with Crippen LogP contribution in [0.4, 0.5) is 0 Å². The Morgan fingerprint density at radius 3 is 2.47 bits per heavy atom. The quantitative estimate of drug-likeness (QED) is 0.561. The average molecular weight is 219 g/mol. The molecule has 0 saturated heterocycles. The van der Waals surface area contributed by atoms with Crippen molar-refractivity contribution in [2.24, 2.45) is 0 Å². The van der Waals surface area contributed by atoms with Gasteiger partial charge in [0.15, 0.2) is 0 Å². The van der Waals surface area contributed by atoms with Gasteiger partial charge in [-0.1, -0.05) is 0 Å². The minimum atomic E-state index is -0.938. The smallest absolute Gasteiger partial charge is 0.325 e. The fourth-order valence-electron chi connectivity index (χ4n) is 0.983. The number of carbonyl (C=O) groups excluding carboxylic acids is 2. The number of aliphatic hydroxyl groups excluding tert-OH is 1. The summed E-state index contributed by atoms with van der Waals surface area (Å²) in [5.41, 5.74) is 0. The molecule has 0 amide bonds. The third kappa shape index (κ3) is 5.34. The molecule has 15 heavy (non-hydrogen) atoms. The molecule has 0 bridgehead atoms. The third-order valence-electron chi connectivity index (χ3n) is 1.71. The van der Waals surface area contributed by atoms with E-state index in [4.69, 9.17) is 0 Å². The molecule has 0 aromatic rings. The Morgan fingerprint density at radius 1 is 1.47 bits per heavy atom. The van der Waals surface area contributed by atoms with Crippen LogP contribution < -0.4 is 5.32 Å². The molecule has 2 unspecified atom stereocenters. The molecule has 0 aliphatic heterocycles. The largest absolute Gasteiger partial charge is 0.468 e. The van der Waals surface area contributed by atoms with Gasteiger partial charge in [-0.3, -0.25) is 14.9 Å². The topological polar surface area (TPSA) is 84.9 Å². The number of esters is 2. The number of ether oxygens (including phenoxy) is 2. The number of rotatable bonds is 6. The van der Waals surface area contributed by atoms with Crippen molar-refractivity contribution in [3.63, 3.8) is 0 Å². The van der Waals surface area contributed by atoms with E-state index >= 15 is 0 Å². The maximum absolute atomic E-state index is 11.1. The third-order valence-corrected chi connectivity index (χ3v) is 1.71. The van der Waals surface area contributed by atoms with Crippen molar-refractivity contribution in [2.45, 2.75) is 26.0 Å². The van der Waals surface area contributed by atoms with Crippen molar-refractivity contribution < 1.29 is 24.2 Å². The highest BCUT2D eigenvalue weighted by molar-refractivity contribution is 5.78. The molecule has 0 spiro atoms. The van der Waals surface area contributed by atoms with Crippen LogP contribution in [0.25, 0.3) is 0 Å². The zero-order chi connectivity index (χ0) is 11.8. The Hall–Kier alpha value is -1.14. The summed E-state index contributed by atoms with van der Waals surface area (Å²) in [6.45, 7) is 3.25. The Labute approximate surface area is 88.6 Å². The molecule has 88 valence electrons. The summed E-state index contributed by atoms with van der Waals surface area (Å²) in [6.07, 6.45) is -0.938. The van der Waals surface area contributed by atoms with E-state index in [9.17, 15) is 14.7 Å². The number of hydrogen-bond donors (Lipinski definition) is 2. The maximum atomic E-state index is 11.1. The normalized spacial score (nSPS) is 14.1. The van der Waals surface area contributed by atoms with Crippen molar-refractivity contribution in [1.82, 2.24) is 5.32 Å². The van der Waals surface area contributed by atoms with Gasteiger partial charge in [0, 0.05) is 0 Å². The molecule has 0 fully saturated rings. The van der Waals surface area contributed by atoms with Crippen LogP contribution in [0.2, 0.25) is 0 Å². The lowest BCUT2D eigenvalue weighted by atomic mass is 10.2. The number of aliphatic hydroxyl groups is 1. The number of hydrogen-bond acceptors (Lipinski definition) is 6. The van der Waals surface area contributed by atoms with E-state index in [1.807, 2.05) is 0 Å². The molecule has 0 heterocycles. The molecule has 0 aromatic carbocycles. The van der Waals surface area contributed by atoms with Gasteiger partial charge in [-0.15, -0.1) is 0 Å². The summed E-state index contributed by atoms with van der Waals surface area (Å²) >= 11 is 0. The van der Waals surface area contributed by atoms with Crippen molar-refractivity contribution in [2.75, 3.05) is 20.3 Å². The van der Waals surface area contributed by atoms with Gasteiger partial charge in [0.05, 0.1) is 26.4 Å². The van der Waals surface area contributed by atoms with E-state index in [0.29, 0.717) is 0 Å². The van der Waals surface area contributed by atoms with E-state index in [1.54, 1.807) is 6.92 Å². The number of nitrogens with one attached hydrogen (secondary N) is 1. The van der Waals surface area contributed by atoms with Gasteiger partial charge >= 0.3 is 11.9 Å². The van der Waals surface area contributed by atoms with E-state index in [-0.39, 0.29) is 13.2 Å². The maximum Gasteiger partial charge on any atom is 0.325 e. The second-order valence-electron chi connectivity index (χ2n) is 2.93. The van der Waals surface area contributed by atoms with E-state index < -0.39 is 24.1 Å². The first-order valence-electron chi connectivity index (χ1n) is 4.67. The number of methoxy groups -OCH3 is 1. The highest BCUT2D eigenvalue weighted by Gasteiger charge is 2.24. The zero-order valence-corrected chi connectivity index (χ0v) is 9.15. The van der Waals surface area contributed by atoms with Crippen LogP contribution in [0, 0.1) is 0 Å². The summed E-state index contributed by atoms with van der Waals surface area (Å²) in [4.78, 5) is 22.1. The molecule has 0 aromatic heterocycles. The lowest BCUT2D eigenvalue weighted by Crippen LogP contribution is -2.47. The Bertz CT molecular complexity index is 217. The van der Waals surface area contributed by atoms with Crippen molar-refractivity contribution in [3.05, 3.63) is 0 Å². The first kappa shape index (κ1) is 13.9. The predicted octanol–water partition coefficient (Wildman–Crippen LogP) is -0.938. The fourth-order valence-corrected chi connectivity index (χ4v) is 0.983. The first-order valence-corrected chi connectivity index (χ1v) is 4.67. The van der Waals surface area contributed by atoms with Crippen LogP contribution in [0.3, 0.4) is 0 Å². The van der Waals surface area contributed by atoms with Crippen LogP contribution >= 0.6 is 0 Å².